The fourth-order valence-corrected chi connectivity index (χ4v) is 2.61. The van der Waals surface area contributed by atoms with Crippen molar-refractivity contribution in [1.82, 2.24) is 0 Å². The van der Waals surface area contributed by atoms with Gasteiger partial charge < -0.3 is 4.90 Å². The molecule has 0 unspecified atom stereocenters. The van der Waals surface area contributed by atoms with E-state index in [4.69, 9.17) is 0 Å². The lowest BCUT2D eigenvalue weighted by Gasteiger charge is -2.19. The minimum Gasteiger partial charge on any atom is -0.374 e. The van der Waals surface area contributed by atoms with Crippen molar-refractivity contribution < 1.29 is 4.79 Å². The molecule has 0 radical (unpaired) electrons. The minimum absolute atomic E-state index is 0.277. The number of fused-ring (bicyclic) bond motifs is 1. The zero-order valence-electron chi connectivity index (χ0n) is 11.7. The van der Waals surface area contributed by atoms with Crippen LogP contribution in [-0.4, -0.2) is 19.4 Å². The first-order valence-corrected chi connectivity index (χ1v) is 6.95. The van der Waals surface area contributed by atoms with E-state index in [1.54, 1.807) is 0 Å². The molecule has 0 saturated heterocycles. The van der Waals surface area contributed by atoms with Gasteiger partial charge in [0.25, 0.3) is 0 Å². The average molecular weight is 245 g/mol. The molecule has 1 aliphatic rings. The number of carbonyl (C=O) groups is 1. The predicted molar refractivity (Wildman–Crippen MR) is 76.4 cm³/mol. The SMILES string of the molecule is CC(C)CC(=O)c1ccc2c(c1)CCCCN2C. The van der Waals surface area contributed by atoms with E-state index in [9.17, 15) is 4.79 Å². The molecule has 1 aromatic carbocycles. The molecule has 18 heavy (non-hydrogen) atoms. The second-order valence-electron chi connectivity index (χ2n) is 5.74. The molecular weight excluding hydrogens is 222 g/mol. The molecule has 0 amide bonds. The first-order valence-electron chi connectivity index (χ1n) is 6.95. The first-order chi connectivity index (χ1) is 8.58. The normalized spacial score (nSPS) is 15.4. The van der Waals surface area contributed by atoms with Gasteiger partial charge in [-0.25, -0.2) is 0 Å². The second kappa shape index (κ2) is 5.55. The number of Topliss-reactive ketones (excluding diaryl/α,β-unsaturated/α-hetero) is 1. The number of ketones is 1. The molecule has 0 bridgehead atoms. The van der Waals surface area contributed by atoms with Crippen molar-refractivity contribution in [2.24, 2.45) is 5.92 Å². The van der Waals surface area contributed by atoms with Crippen LogP contribution in [0.1, 0.15) is 49.0 Å². The lowest BCUT2D eigenvalue weighted by atomic mass is 9.97. The lowest BCUT2D eigenvalue weighted by molar-refractivity contribution is 0.0968. The van der Waals surface area contributed by atoms with E-state index >= 15 is 0 Å². The molecule has 1 heterocycles. The Labute approximate surface area is 110 Å². The molecule has 0 N–H and O–H groups in total. The molecule has 2 rings (SSSR count). The number of aryl methyl sites for hydroxylation is 1. The van der Waals surface area contributed by atoms with Crippen molar-refractivity contribution in [2.75, 3.05) is 18.5 Å². The summed E-state index contributed by atoms with van der Waals surface area (Å²) < 4.78 is 0. The van der Waals surface area contributed by atoms with Crippen LogP contribution in [0.5, 0.6) is 0 Å². The minimum atomic E-state index is 0.277. The van der Waals surface area contributed by atoms with Gasteiger partial charge in [-0.15, -0.1) is 0 Å². The summed E-state index contributed by atoms with van der Waals surface area (Å²) in [6.45, 7) is 5.30. The van der Waals surface area contributed by atoms with Crippen molar-refractivity contribution in [2.45, 2.75) is 39.5 Å². The molecule has 1 aromatic rings. The number of nitrogens with zero attached hydrogens (tertiary/aromatic N) is 1. The lowest BCUT2D eigenvalue weighted by Crippen LogP contribution is -2.17. The van der Waals surface area contributed by atoms with E-state index in [0.29, 0.717) is 12.3 Å². The fourth-order valence-electron chi connectivity index (χ4n) is 2.61. The molecule has 0 aliphatic carbocycles. The van der Waals surface area contributed by atoms with Gasteiger partial charge in [0.05, 0.1) is 0 Å². The van der Waals surface area contributed by atoms with Gasteiger partial charge in [-0.05, 0) is 48.9 Å². The topological polar surface area (TPSA) is 20.3 Å². The number of hydrogen-bond donors (Lipinski definition) is 0. The maximum atomic E-state index is 12.1. The largest absolute Gasteiger partial charge is 0.374 e. The highest BCUT2D eigenvalue weighted by Gasteiger charge is 2.15. The van der Waals surface area contributed by atoms with Gasteiger partial charge >= 0.3 is 0 Å². The fraction of sp³-hybridized carbons (Fsp3) is 0.562. The number of benzene rings is 1. The summed E-state index contributed by atoms with van der Waals surface area (Å²) in [5, 5.41) is 0. The highest BCUT2D eigenvalue weighted by Crippen LogP contribution is 2.27. The summed E-state index contributed by atoms with van der Waals surface area (Å²) in [6, 6.07) is 6.22. The van der Waals surface area contributed by atoms with Crippen LogP contribution >= 0.6 is 0 Å². The van der Waals surface area contributed by atoms with Crippen LogP contribution in [0.15, 0.2) is 18.2 Å². The van der Waals surface area contributed by atoms with Crippen LogP contribution in [0.4, 0.5) is 5.69 Å². The van der Waals surface area contributed by atoms with Crippen molar-refractivity contribution in [3.05, 3.63) is 29.3 Å². The van der Waals surface area contributed by atoms with Gasteiger partial charge in [-0.1, -0.05) is 13.8 Å². The van der Waals surface area contributed by atoms with E-state index in [2.05, 4.69) is 37.9 Å². The Kier molecular flexibility index (Phi) is 4.05. The number of carbonyl (C=O) groups excluding carboxylic acids is 1. The average Bonchev–Trinajstić information content (AvgIpc) is 2.50. The zero-order chi connectivity index (χ0) is 13.1. The molecule has 0 saturated carbocycles. The standard InChI is InChI=1S/C16H23NO/c1-12(2)10-16(18)14-7-8-15-13(11-14)6-4-5-9-17(15)3/h7-8,11-12H,4-6,9-10H2,1-3H3. The molecule has 1 aliphatic heterocycles. The van der Waals surface area contributed by atoms with E-state index in [1.165, 1.54) is 24.1 Å². The van der Waals surface area contributed by atoms with Crippen molar-refractivity contribution in [3.8, 4) is 0 Å². The first kappa shape index (κ1) is 13.1. The van der Waals surface area contributed by atoms with Crippen LogP contribution in [0.2, 0.25) is 0 Å². The summed E-state index contributed by atoms with van der Waals surface area (Å²) in [7, 11) is 2.14. The maximum Gasteiger partial charge on any atom is 0.163 e. The molecule has 0 fully saturated rings. The molecule has 0 aromatic heterocycles. The Morgan fingerprint density at radius 1 is 1.33 bits per heavy atom. The molecular formula is C16H23NO. The third-order valence-corrected chi connectivity index (χ3v) is 3.60. The van der Waals surface area contributed by atoms with Gasteiger partial charge in [0.1, 0.15) is 0 Å². The van der Waals surface area contributed by atoms with Gasteiger partial charge in [-0.2, -0.15) is 0 Å². The summed E-state index contributed by atoms with van der Waals surface area (Å²) >= 11 is 0. The maximum absolute atomic E-state index is 12.1. The van der Waals surface area contributed by atoms with E-state index in [1.807, 2.05) is 6.07 Å². The van der Waals surface area contributed by atoms with Crippen molar-refractivity contribution in [3.63, 3.8) is 0 Å². The molecule has 2 nitrogen and oxygen atoms in total. The number of anilines is 1. The third kappa shape index (κ3) is 2.92. The Hall–Kier alpha value is -1.31. The Morgan fingerprint density at radius 2 is 2.11 bits per heavy atom. The Morgan fingerprint density at radius 3 is 2.83 bits per heavy atom. The van der Waals surface area contributed by atoms with Gasteiger partial charge in [0, 0.05) is 31.3 Å². The van der Waals surface area contributed by atoms with Crippen LogP contribution < -0.4 is 4.90 Å². The highest BCUT2D eigenvalue weighted by atomic mass is 16.1. The number of hydrogen-bond acceptors (Lipinski definition) is 2. The van der Waals surface area contributed by atoms with Crippen molar-refractivity contribution >= 4 is 11.5 Å². The molecule has 0 atom stereocenters. The Bertz CT molecular complexity index is 437. The van der Waals surface area contributed by atoms with Gasteiger partial charge in [0.15, 0.2) is 5.78 Å². The van der Waals surface area contributed by atoms with Crippen LogP contribution in [0.3, 0.4) is 0 Å². The van der Waals surface area contributed by atoms with Gasteiger partial charge in [0.2, 0.25) is 0 Å². The molecule has 98 valence electrons. The quantitative estimate of drug-likeness (QED) is 0.757. The summed E-state index contributed by atoms with van der Waals surface area (Å²) in [4.78, 5) is 14.4. The van der Waals surface area contributed by atoms with Crippen molar-refractivity contribution in [1.29, 1.82) is 0 Å². The molecule has 0 spiro atoms. The van der Waals surface area contributed by atoms with Crippen LogP contribution in [0, 0.1) is 5.92 Å². The van der Waals surface area contributed by atoms with Crippen LogP contribution in [-0.2, 0) is 6.42 Å². The third-order valence-electron chi connectivity index (χ3n) is 3.60. The second-order valence-corrected chi connectivity index (χ2v) is 5.74. The Balaban J connectivity index is 2.26. The summed E-state index contributed by atoms with van der Waals surface area (Å²) in [5.41, 5.74) is 3.52. The summed E-state index contributed by atoms with van der Waals surface area (Å²) in [6.07, 6.45) is 4.21. The van der Waals surface area contributed by atoms with Crippen LogP contribution in [0.25, 0.3) is 0 Å². The molecule has 2 heteroatoms. The summed E-state index contributed by atoms with van der Waals surface area (Å²) in [5.74, 6) is 0.707. The predicted octanol–water partition coefficient (Wildman–Crippen LogP) is 3.69. The number of rotatable bonds is 3. The van der Waals surface area contributed by atoms with E-state index < -0.39 is 0 Å². The highest BCUT2D eigenvalue weighted by molar-refractivity contribution is 5.96. The monoisotopic (exact) mass is 245 g/mol. The zero-order valence-corrected chi connectivity index (χ0v) is 11.7. The smallest absolute Gasteiger partial charge is 0.163 e. The van der Waals surface area contributed by atoms with Gasteiger partial charge in [-0.3, -0.25) is 4.79 Å². The van der Waals surface area contributed by atoms with E-state index in [-0.39, 0.29) is 5.78 Å². The van der Waals surface area contributed by atoms with E-state index in [0.717, 1.165) is 18.5 Å².